The van der Waals surface area contributed by atoms with Crippen molar-refractivity contribution < 1.29 is 4.79 Å². The molecule has 3 rings (SSSR count). The molecule has 1 N–H and O–H groups in total. The molecule has 0 unspecified atom stereocenters. The Morgan fingerprint density at radius 3 is 2.67 bits per heavy atom. The zero-order valence-electron chi connectivity index (χ0n) is 15.7. The number of carbonyl (C=O) groups is 1. The topological polar surface area (TPSA) is 46.9 Å². The minimum Gasteiger partial charge on any atom is -0.352 e. The summed E-state index contributed by atoms with van der Waals surface area (Å²) in [4.78, 5) is 17.1. The number of para-hydroxylation sites is 2. The van der Waals surface area contributed by atoms with E-state index in [4.69, 9.17) is 16.6 Å². The van der Waals surface area contributed by atoms with Crippen molar-refractivity contribution in [3.8, 4) is 0 Å². The Bertz CT molecular complexity index is 903. The second kappa shape index (κ2) is 9.56. The number of hydrogen-bond donors (Lipinski definition) is 1. The first kappa shape index (κ1) is 19.4. The molecule has 3 aromatic rings. The summed E-state index contributed by atoms with van der Waals surface area (Å²) in [6, 6.07) is 15.4. The van der Waals surface area contributed by atoms with Crippen molar-refractivity contribution in [1.29, 1.82) is 0 Å². The summed E-state index contributed by atoms with van der Waals surface area (Å²) in [6.07, 6.45) is 5.26. The molecule has 1 amide bonds. The van der Waals surface area contributed by atoms with E-state index in [0.717, 1.165) is 37.1 Å². The predicted molar refractivity (Wildman–Crippen MR) is 111 cm³/mol. The highest BCUT2D eigenvalue weighted by atomic mass is 35.5. The summed E-state index contributed by atoms with van der Waals surface area (Å²) in [5.74, 6) is 0.969. The highest BCUT2D eigenvalue weighted by Crippen LogP contribution is 2.18. The molecule has 0 saturated heterocycles. The van der Waals surface area contributed by atoms with E-state index in [1.165, 1.54) is 18.4 Å². The number of unbranched alkanes of at least 4 members (excludes halogenated alkanes) is 2. The standard InChI is InChI=1S/C22H26ClN3O/c1-2-3-8-16-26-20-13-7-6-12-19(20)25-21(26)14-9-15-24-22(27)17-10-4-5-11-18(17)23/h4-7,10-13H,2-3,8-9,14-16H2,1H3,(H,24,27). The quantitative estimate of drug-likeness (QED) is 0.513. The minimum atomic E-state index is -0.128. The van der Waals surface area contributed by atoms with Crippen LogP contribution in [0.1, 0.15) is 48.8 Å². The Labute approximate surface area is 165 Å². The van der Waals surface area contributed by atoms with E-state index in [1.54, 1.807) is 12.1 Å². The van der Waals surface area contributed by atoms with Crippen LogP contribution >= 0.6 is 11.6 Å². The zero-order valence-corrected chi connectivity index (χ0v) is 16.5. The predicted octanol–water partition coefficient (Wildman–Crippen LogP) is 5.24. The molecule has 0 aliphatic rings. The molecule has 2 aromatic carbocycles. The maximum Gasteiger partial charge on any atom is 0.252 e. The van der Waals surface area contributed by atoms with Crippen molar-refractivity contribution in [1.82, 2.24) is 14.9 Å². The summed E-state index contributed by atoms with van der Waals surface area (Å²) < 4.78 is 2.33. The highest BCUT2D eigenvalue weighted by molar-refractivity contribution is 6.33. The molecular formula is C22H26ClN3O. The molecule has 0 aliphatic heterocycles. The van der Waals surface area contributed by atoms with Crippen LogP contribution in [0.5, 0.6) is 0 Å². The van der Waals surface area contributed by atoms with Crippen molar-refractivity contribution >= 4 is 28.5 Å². The van der Waals surface area contributed by atoms with Crippen LogP contribution in [-0.4, -0.2) is 22.0 Å². The molecule has 5 heteroatoms. The first-order valence-electron chi connectivity index (χ1n) is 9.67. The number of rotatable bonds is 9. The van der Waals surface area contributed by atoms with Gasteiger partial charge in [-0.1, -0.05) is 55.6 Å². The third-order valence-electron chi connectivity index (χ3n) is 4.70. The molecular weight excluding hydrogens is 358 g/mol. The Hall–Kier alpha value is -2.33. The number of fused-ring (bicyclic) bond motifs is 1. The van der Waals surface area contributed by atoms with Crippen LogP contribution < -0.4 is 5.32 Å². The number of hydrogen-bond acceptors (Lipinski definition) is 2. The third kappa shape index (κ3) is 4.89. The van der Waals surface area contributed by atoms with Gasteiger partial charge in [-0.05, 0) is 37.1 Å². The average Bonchev–Trinajstić information content (AvgIpc) is 3.03. The van der Waals surface area contributed by atoms with E-state index in [9.17, 15) is 4.79 Å². The summed E-state index contributed by atoms with van der Waals surface area (Å²) in [6.45, 7) is 3.81. The van der Waals surface area contributed by atoms with Gasteiger partial charge in [-0.2, -0.15) is 0 Å². The fraction of sp³-hybridized carbons (Fsp3) is 0.364. The van der Waals surface area contributed by atoms with Crippen LogP contribution in [0.25, 0.3) is 11.0 Å². The molecule has 0 saturated carbocycles. The summed E-state index contributed by atoms with van der Waals surface area (Å²) in [5.41, 5.74) is 2.76. The normalized spacial score (nSPS) is 11.0. The van der Waals surface area contributed by atoms with Gasteiger partial charge in [0.25, 0.3) is 5.91 Å². The number of nitrogens with one attached hydrogen (secondary N) is 1. The van der Waals surface area contributed by atoms with E-state index in [0.29, 0.717) is 17.1 Å². The Morgan fingerprint density at radius 1 is 1.07 bits per heavy atom. The van der Waals surface area contributed by atoms with Gasteiger partial charge >= 0.3 is 0 Å². The lowest BCUT2D eigenvalue weighted by atomic mass is 10.2. The number of halogens is 1. The number of aryl methyl sites for hydroxylation is 2. The van der Waals surface area contributed by atoms with Gasteiger partial charge in [0.05, 0.1) is 21.6 Å². The van der Waals surface area contributed by atoms with E-state index < -0.39 is 0 Å². The lowest BCUT2D eigenvalue weighted by Crippen LogP contribution is -2.25. The summed E-state index contributed by atoms with van der Waals surface area (Å²) >= 11 is 6.08. The zero-order chi connectivity index (χ0) is 19.1. The van der Waals surface area contributed by atoms with Crippen LogP contribution in [0.2, 0.25) is 5.02 Å². The minimum absolute atomic E-state index is 0.128. The van der Waals surface area contributed by atoms with Gasteiger partial charge < -0.3 is 9.88 Å². The molecule has 0 radical (unpaired) electrons. The molecule has 142 valence electrons. The molecule has 27 heavy (non-hydrogen) atoms. The molecule has 0 spiro atoms. The van der Waals surface area contributed by atoms with Gasteiger partial charge in [-0.25, -0.2) is 4.98 Å². The largest absolute Gasteiger partial charge is 0.352 e. The second-order valence-electron chi connectivity index (χ2n) is 6.71. The van der Waals surface area contributed by atoms with Crippen molar-refractivity contribution in [2.24, 2.45) is 0 Å². The van der Waals surface area contributed by atoms with Crippen LogP contribution in [0.15, 0.2) is 48.5 Å². The lowest BCUT2D eigenvalue weighted by molar-refractivity contribution is 0.0953. The van der Waals surface area contributed by atoms with Gasteiger partial charge in [-0.3, -0.25) is 4.79 Å². The van der Waals surface area contributed by atoms with Gasteiger partial charge in [0, 0.05) is 19.5 Å². The van der Waals surface area contributed by atoms with Crippen LogP contribution in [-0.2, 0) is 13.0 Å². The first-order chi connectivity index (χ1) is 13.2. The van der Waals surface area contributed by atoms with Gasteiger partial charge in [-0.15, -0.1) is 0 Å². The fourth-order valence-electron chi connectivity index (χ4n) is 3.27. The third-order valence-corrected chi connectivity index (χ3v) is 5.03. The molecule has 1 aromatic heterocycles. The lowest BCUT2D eigenvalue weighted by Gasteiger charge is -2.10. The van der Waals surface area contributed by atoms with Gasteiger partial charge in [0.2, 0.25) is 0 Å². The van der Waals surface area contributed by atoms with E-state index >= 15 is 0 Å². The van der Waals surface area contributed by atoms with Crippen LogP contribution in [0.4, 0.5) is 0 Å². The number of aromatic nitrogens is 2. The first-order valence-corrected chi connectivity index (χ1v) is 10.1. The van der Waals surface area contributed by atoms with Crippen molar-refractivity contribution in [3.05, 3.63) is 64.9 Å². The van der Waals surface area contributed by atoms with Gasteiger partial charge in [0.1, 0.15) is 5.82 Å². The fourth-order valence-corrected chi connectivity index (χ4v) is 3.50. The van der Waals surface area contributed by atoms with Crippen LogP contribution in [0.3, 0.4) is 0 Å². The highest BCUT2D eigenvalue weighted by Gasteiger charge is 2.11. The van der Waals surface area contributed by atoms with Crippen molar-refractivity contribution in [2.45, 2.75) is 45.6 Å². The maximum atomic E-state index is 12.2. The number of nitrogens with zero attached hydrogens (tertiary/aromatic N) is 2. The SMILES string of the molecule is CCCCCn1c(CCCNC(=O)c2ccccc2Cl)nc2ccccc21. The van der Waals surface area contributed by atoms with Gasteiger partial charge in [0.15, 0.2) is 0 Å². The molecule has 0 bridgehead atoms. The van der Waals surface area contributed by atoms with E-state index in [1.807, 2.05) is 18.2 Å². The number of imidazole rings is 1. The second-order valence-corrected chi connectivity index (χ2v) is 7.12. The summed E-state index contributed by atoms with van der Waals surface area (Å²) in [5, 5.41) is 3.43. The van der Waals surface area contributed by atoms with Crippen molar-refractivity contribution in [2.75, 3.05) is 6.54 Å². The number of amides is 1. The molecule has 0 aliphatic carbocycles. The van der Waals surface area contributed by atoms with Crippen LogP contribution in [0, 0.1) is 0 Å². The van der Waals surface area contributed by atoms with E-state index in [-0.39, 0.29) is 5.91 Å². The Kier molecular flexibility index (Phi) is 6.88. The van der Waals surface area contributed by atoms with Crippen molar-refractivity contribution in [3.63, 3.8) is 0 Å². The average molecular weight is 384 g/mol. The summed E-state index contributed by atoms with van der Waals surface area (Å²) in [7, 11) is 0. The molecule has 1 heterocycles. The number of carbonyl (C=O) groups excluding carboxylic acids is 1. The number of benzene rings is 2. The molecule has 0 fully saturated rings. The molecule has 4 nitrogen and oxygen atoms in total. The Morgan fingerprint density at radius 2 is 1.85 bits per heavy atom. The Balaban J connectivity index is 1.60. The van der Waals surface area contributed by atoms with E-state index in [2.05, 4.69) is 35.0 Å². The smallest absolute Gasteiger partial charge is 0.252 e. The molecule has 0 atom stereocenters. The monoisotopic (exact) mass is 383 g/mol. The maximum absolute atomic E-state index is 12.2.